The van der Waals surface area contributed by atoms with Gasteiger partial charge in [-0.05, 0) is 36.5 Å². The molecule has 0 aliphatic carbocycles. The van der Waals surface area contributed by atoms with Crippen LogP contribution in [0.15, 0.2) is 36.8 Å². The van der Waals surface area contributed by atoms with Crippen molar-refractivity contribution in [3.05, 3.63) is 48.0 Å². The molecule has 1 aromatic carbocycles. The van der Waals surface area contributed by atoms with Crippen LogP contribution >= 0.6 is 0 Å². The Kier molecular flexibility index (Phi) is 11.0. The minimum Gasteiger partial charge on any atom is -0.508 e. The third-order valence-electron chi connectivity index (χ3n) is 5.48. The number of amides is 3. The topological polar surface area (TPSA) is 220 Å². The molecule has 4 unspecified atom stereocenters. The number of imidazole rings is 1. The van der Waals surface area contributed by atoms with Crippen molar-refractivity contribution in [3.63, 3.8) is 0 Å². The maximum atomic E-state index is 13.2. The Labute approximate surface area is 213 Å². The van der Waals surface area contributed by atoms with Crippen molar-refractivity contribution in [1.82, 2.24) is 25.9 Å². The number of carbonyl (C=O) groups is 4. The smallest absolute Gasteiger partial charge is 0.328 e. The lowest BCUT2D eigenvalue weighted by Crippen LogP contribution is -2.58. The Bertz CT molecular complexity index is 1040. The number of carboxylic acids is 1. The zero-order valence-corrected chi connectivity index (χ0v) is 20.7. The van der Waals surface area contributed by atoms with Crippen molar-refractivity contribution in [2.45, 2.75) is 57.3 Å². The van der Waals surface area contributed by atoms with Crippen LogP contribution in [0.4, 0.5) is 0 Å². The molecule has 4 atom stereocenters. The van der Waals surface area contributed by atoms with E-state index in [9.17, 15) is 29.4 Å². The molecule has 202 valence electrons. The number of nitrogens with one attached hydrogen (secondary N) is 4. The van der Waals surface area contributed by atoms with E-state index in [1.54, 1.807) is 12.1 Å². The minimum atomic E-state index is -1.56. The first kappa shape index (κ1) is 29.3. The second kappa shape index (κ2) is 13.9. The fourth-order valence-electron chi connectivity index (χ4n) is 3.52. The molecule has 2 rings (SSSR count). The van der Waals surface area contributed by atoms with Gasteiger partial charge in [0, 0.05) is 18.3 Å². The molecule has 0 radical (unpaired) electrons. The van der Waals surface area contributed by atoms with Crippen LogP contribution in [0.5, 0.6) is 5.75 Å². The number of aliphatic carboxylic acids is 1. The third kappa shape index (κ3) is 9.54. The number of aromatic amines is 1. The number of hydrogen-bond donors (Lipinski definition) is 8. The summed E-state index contributed by atoms with van der Waals surface area (Å²) in [5.41, 5.74) is 7.26. The zero-order chi connectivity index (χ0) is 27.5. The number of carboxylic acid groups (broad SMARTS) is 1. The largest absolute Gasteiger partial charge is 0.508 e. The number of aromatic nitrogens is 2. The number of aliphatic hydroxyl groups is 1. The Morgan fingerprint density at radius 2 is 1.54 bits per heavy atom. The number of phenolic OH excluding ortho intramolecular Hbond substituents is 1. The van der Waals surface area contributed by atoms with Crippen LogP contribution in [0.1, 0.15) is 31.5 Å². The molecule has 0 bridgehead atoms. The van der Waals surface area contributed by atoms with Crippen LogP contribution < -0.4 is 21.7 Å². The number of phenols is 1. The van der Waals surface area contributed by atoms with Crippen LogP contribution in [-0.2, 0) is 32.0 Å². The molecule has 0 spiro atoms. The molecule has 9 N–H and O–H groups in total. The second-order valence-corrected chi connectivity index (χ2v) is 9.09. The van der Waals surface area contributed by atoms with Crippen LogP contribution in [0.2, 0.25) is 0 Å². The average molecular weight is 519 g/mol. The van der Waals surface area contributed by atoms with Gasteiger partial charge in [-0.15, -0.1) is 0 Å². The lowest BCUT2D eigenvalue weighted by molar-refractivity contribution is -0.143. The van der Waals surface area contributed by atoms with Crippen molar-refractivity contribution < 1.29 is 34.5 Å². The van der Waals surface area contributed by atoms with E-state index in [-0.39, 0.29) is 30.9 Å². The second-order valence-electron chi connectivity index (χ2n) is 9.09. The van der Waals surface area contributed by atoms with Gasteiger partial charge < -0.3 is 42.0 Å². The summed E-state index contributed by atoms with van der Waals surface area (Å²) < 4.78 is 0. The number of aromatic hydroxyl groups is 1. The van der Waals surface area contributed by atoms with Crippen LogP contribution in [0, 0.1) is 5.92 Å². The summed E-state index contributed by atoms with van der Waals surface area (Å²) in [6.07, 6.45) is 3.21. The summed E-state index contributed by atoms with van der Waals surface area (Å²) in [5.74, 6) is -3.42. The van der Waals surface area contributed by atoms with Crippen molar-refractivity contribution in [3.8, 4) is 5.75 Å². The summed E-state index contributed by atoms with van der Waals surface area (Å²) in [6, 6.07) is 1.45. The van der Waals surface area contributed by atoms with E-state index in [4.69, 9.17) is 10.8 Å². The first-order chi connectivity index (χ1) is 17.5. The molecule has 2 aromatic rings. The summed E-state index contributed by atoms with van der Waals surface area (Å²) >= 11 is 0. The van der Waals surface area contributed by atoms with Crippen LogP contribution in [0.25, 0.3) is 0 Å². The van der Waals surface area contributed by atoms with Crippen LogP contribution in [-0.4, -0.2) is 79.8 Å². The van der Waals surface area contributed by atoms with E-state index < -0.39 is 54.5 Å². The van der Waals surface area contributed by atoms with Crippen molar-refractivity contribution in [2.24, 2.45) is 11.7 Å². The van der Waals surface area contributed by atoms with E-state index in [0.29, 0.717) is 5.69 Å². The highest BCUT2D eigenvalue weighted by Gasteiger charge is 2.31. The van der Waals surface area contributed by atoms with Gasteiger partial charge in [0.1, 0.15) is 23.9 Å². The molecule has 0 saturated heterocycles. The number of rotatable bonds is 14. The minimum absolute atomic E-state index is 0.00460. The van der Waals surface area contributed by atoms with E-state index in [0.717, 1.165) is 5.56 Å². The summed E-state index contributed by atoms with van der Waals surface area (Å²) in [7, 11) is 0. The van der Waals surface area contributed by atoms with Gasteiger partial charge in [0.15, 0.2) is 0 Å². The highest BCUT2D eigenvalue weighted by molar-refractivity contribution is 5.94. The average Bonchev–Trinajstić information content (AvgIpc) is 3.35. The summed E-state index contributed by atoms with van der Waals surface area (Å²) in [6.45, 7) is 2.88. The van der Waals surface area contributed by atoms with E-state index in [2.05, 4.69) is 25.9 Å². The van der Waals surface area contributed by atoms with Gasteiger partial charge in [-0.1, -0.05) is 26.0 Å². The monoisotopic (exact) mass is 518 g/mol. The molecule has 0 aliphatic rings. The molecule has 13 nitrogen and oxygen atoms in total. The first-order valence-corrected chi connectivity index (χ1v) is 11.8. The van der Waals surface area contributed by atoms with Gasteiger partial charge in [-0.2, -0.15) is 0 Å². The number of H-pyrrole nitrogens is 1. The third-order valence-corrected chi connectivity index (χ3v) is 5.48. The molecule has 1 aromatic heterocycles. The number of benzene rings is 1. The predicted octanol–water partition coefficient (Wildman–Crippen LogP) is -1.19. The number of hydrogen-bond acceptors (Lipinski definition) is 8. The van der Waals surface area contributed by atoms with Gasteiger partial charge in [0.05, 0.1) is 19.0 Å². The molecular weight excluding hydrogens is 484 g/mol. The van der Waals surface area contributed by atoms with Gasteiger partial charge >= 0.3 is 5.97 Å². The summed E-state index contributed by atoms with van der Waals surface area (Å²) in [4.78, 5) is 56.7. The summed E-state index contributed by atoms with van der Waals surface area (Å²) in [5, 5.41) is 35.2. The maximum absolute atomic E-state index is 13.2. The number of nitrogens with two attached hydrogens (primary N) is 1. The molecule has 13 heteroatoms. The van der Waals surface area contributed by atoms with Crippen molar-refractivity contribution in [1.29, 1.82) is 0 Å². The molecular formula is C24H34N6O7. The molecule has 0 fully saturated rings. The van der Waals surface area contributed by atoms with Crippen molar-refractivity contribution in [2.75, 3.05) is 6.61 Å². The van der Waals surface area contributed by atoms with Gasteiger partial charge in [-0.25, -0.2) is 9.78 Å². The van der Waals surface area contributed by atoms with Gasteiger partial charge in [0.25, 0.3) is 0 Å². The lowest BCUT2D eigenvalue weighted by Gasteiger charge is -2.25. The fourth-order valence-corrected chi connectivity index (χ4v) is 3.52. The molecule has 1 heterocycles. The maximum Gasteiger partial charge on any atom is 0.328 e. The Morgan fingerprint density at radius 3 is 2.08 bits per heavy atom. The van der Waals surface area contributed by atoms with Gasteiger partial charge in [0.2, 0.25) is 17.7 Å². The van der Waals surface area contributed by atoms with Crippen molar-refractivity contribution >= 4 is 23.7 Å². The Morgan fingerprint density at radius 1 is 0.946 bits per heavy atom. The van der Waals surface area contributed by atoms with E-state index in [1.807, 2.05) is 13.8 Å². The van der Waals surface area contributed by atoms with E-state index >= 15 is 0 Å². The molecule has 3 amide bonds. The fraction of sp³-hybridized carbons (Fsp3) is 0.458. The molecule has 37 heavy (non-hydrogen) atoms. The Balaban J connectivity index is 2.14. The Hall–Kier alpha value is -3.97. The van der Waals surface area contributed by atoms with E-state index in [1.165, 1.54) is 24.7 Å². The SMILES string of the molecule is CC(C)CC(NC(=O)C(N)Cc1ccc(O)cc1)C(=O)NC(Cc1cnc[nH]1)C(=O)NC(CO)C(=O)O. The highest BCUT2D eigenvalue weighted by atomic mass is 16.4. The predicted molar refractivity (Wildman–Crippen MR) is 132 cm³/mol. The molecule has 0 saturated carbocycles. The van der Waals surface area contributed by atoms with Gasteiger partial charge in [-0.3, -0.25) is 14.4 Å². The zero-order valence-electron chi connectivity index (χ0n) is 20.7. The standard InChI is InChI=1S/C24H34N6O7/c1-13(2)7-18(28-21(33)17(25)8-14-3-5-16(32)6-4-14)22(34)29-19(9-15-10-26-12-27-15)23(35)30-20(11-31)24(36)37/h3-6,10,12-13,17-20,31-32H,7-9,11,25H2,1-2H3,(H,26,27)(H,28,33)(H,29,34)(H,30,35)(H,36,37). The highest BCUT2D eigenvalue weighted by Crippen LogP contribution is 2.12. The van der Waals surface area contributed by atoms with Crippen LogP contribution in [0.3, 0.4) is 0 Å². The first-order valence-electron chi connectivity index (χ1n) is 11.8. The quantitative estimate of drug-likeness (QED) is 0.150. The lowest BCUT2D eigenvalue weighted by atomic mass is 10.0. The number of carbonyl (C=O) groups excluding carboxylic acids is 3. The molecule has 0 aliphatic heterocycles. The number of aliphatic hydroxyl groups excluding tert-OH is 1. The number of nitrogens with zero attached hydrogens (tertiary/aromatic N) is 1. The normalized spacial score (nSPS) is 14.3.